The molecule has 14 heteroatoms. The van der Waals surface area contributed by atoms with E-state index in [1.165, 1.54) is 17.6 Å². The molecule has 0 bridgehead atoms. The summed E-state index contributed by atoms with van der Waals surface area (Å²) in [4.78, 5) is 49.2. The lowest BCUT2D eigenvalue weighted by atomic mass is 9.97. The topological polar surface area (TPSA) is 147 Å². The van der Waals surface area contributed by atoms with Crippen molar-refractivity contribution in [1.29, 1.82) is 0 Å². The Hall–Kier alpha value is -5.01. The van der Waals surface area contributed by atoms with Gasteiger partial charge in [-0.2, -0.15) is 0 Å². The third-order valence-electron chi connectivity index (χ3n) is 9.00. The highest BCUT2D eigenvalue weighted by molar-refractivity contribution is 6.39. The first-order valence-electron chi connectivity index (χ1n) is 18.0. The normalized spacial score (nSPS) is 14.8. The van der Waals surface area contributed by atoms with Gasteiger partial charge in [0, 0.05) is 77.7 Å². The molecule has 1 aliphatic rings. The molecule has 2 atom stereocenters. The summed E-state index contributed by atoms with van der Waals surface area (Å²) in [5, 5.41) is 16.4. The van der Waals surface area contributed by atoms with Crippen LogP contribution in [0, 0.1) is 0 Å². The molecular weight excluding hydrogens is 743 g/mol. The number of aliphatic hydroxyl groups is 1. The third-order valence-corrected chi connectivity index (χ3v) is 9.82. The van der Waals surface area contributed by atoms with Crippen LogP contribution in [0.5, 0.6) is 5.88 Å². The molecule has 0 spiro atoms. The van der Waals surface area contributed by atoms with E-state index in [1.807, 2.05) is 54.6 Å². The Morgan fingerprint density at radius 2 is 1.71 bits per heavy atom. The lowest BCUT2D eigenvalue weighted by Gasteiger charge is -2.29. The van der Waals surface area contributed by atoms with E-state index in [9.17, 15) is 19.5 Å². The Kier molecular flexibility index (Phi) is 12.1. The molecule has 0 aliphatic carbocycles. The van der Waals surface area contributed by atoms with Crippen molar-refractivity contribution < 1.29 is 24.2 Å². The minimum Gasteiger partial charge on any atom is -0.481 e. The highest BCUT2D eigenvalue weighted by atomic mass is 35.5. The first-order valence-corrected chi connectivity index (χ1v) is 18.8. The van der Waals surface area contributed by atoms with Crippen LogP contribution in [0.15, 0.2) is 77.7 Å². The van der Waals surface area contributed by atoms with Gasteiger partial charge in [-0.05, 0) is 58.4 Å². The van der Waals surface area contributed by atoms with E-state index >= 15 is 0 Å². The maximum absolute atomic E-state index is 13.3. The lowest BCUT2D eigenvalue weighted by Crippen LogP contribution is -2.43. The van der Waals surface area contributed by atoms with Gasteiger partial charge in [-0.15, -0.1) is 0 Å². The second-order valence-electron chi connectivity index (χ2n) is 14.6. The van der Waals surface area contributed by atoms with Crippen molar-refractivity contribution >= 4 is 40.8 Å². The number of amides is 2. The molecule has 3 N–H and O–H groups in total. The van der Waals surface area contributed by atoms with Crippen LogP contribution < -0.4 is 20.9 Å². The largest absolute Gasteiger partial charge is 0.481 e. The van der Waals surface area contributed by atoms with Gasteiger partial charge in [0.25, 0.3) is 5.56 Å². The Bertz CT molecular complexity index is 2290. The van der Waals surface area contributed by atoms with E-state index in [0.717, 1.165) is 0 Å². The predicted octanol–water partition coefficient (Wildman–Crippen LogP) is 6.89. The maximum atomic E-state index is 13.3. The molecule has 0 radical (unpaired) electrons. The first kappa shape index (κ1) is 39.7. The van der Waals surface area contributed by atoms with Gasteiger partial charge in [-0.3, -0.25) is 14.0 Å². The van der Waals surface area contributed by atoms with E-state index < -0.39 is 17.8 Å². The monoisotopic (exact) mass is 786 g/mol. The molecule has 55 heavy (non-hydrogen) atoms. The van der Waals surface area contributed by atoms with Gasteiger partial charge in [-0.25, -0.2) is 14.8 Å². The summed E-state index contributed by atoms with van der Waals surface area (Å²) in [5.74, 6) is 0.272. The van der Waals surface area contributed by atoms with Crippen molar-refractivity contribution in [3.8, 4) is 39.4 Å². The molecule has 12 nitrogen and oxygen atoms in total. The van der Waals surface area contributed by atoms with Crippen molar-refractivity contribution in [2.75, 3.05) is 20.2 Å². The van der Waals surface area contributed by atoms with E-state index in [1.54, 1.807) is 44.9 Å². The van der Waals surface area contributed by atoms with Crippen LogP contribution in [0.25, 0.3) is 39.2 Å². The molecule has 0 unspecified atom stereocenters. The fraction of sp³-hybridized carbons (Fsp3) is 0.341. The van der Waals surface area contributed by atoms with Gasteiger partial charge in [0.2, 0.25) is 11.8 Å². The van der Waals surface area contributed by atoms with Crippen LogP contribution in [0.2, 0.25) is 10.0 Å². The summed E-state index contributed by atoms with van der Waals surface area (Å²) in [6, 6.07) is 19.8. The highest BCUT2D eigenvalue weighted by Crippen LogP contribution is 2.42. The van der Waals surface area contributed by atoms with Crippen molar-refractivity contribution in [2.24, 2.45) is 0 Å². The van der Waals surface area contributed by atoms with Gasteiger partial charge < -0.3 is 30.1 Å². The number of nitrogens with zero attached hydrogens (tertiary/aromatic N) is 4. The molecule has 4 heterocycles. The average molecular weight is 788 g/mol. The number of methoxy groups -OCH3 is 1. The van der Waals surface area contributed by atoms with Crippen molar-refractivity contribution in [2.45, 2.75) is 71.4 Å². The van der Waals surface area contributed by atoms with E-state index in [0.29, 0.717) is 92.3 Å². The minimum atomic E-state index is -0.708. The van der Waals surface area contributed by atoms with Crippen molar-refractivity contribution in [1.82, 2.24) is 29.9 Å². The molecule has 288 valence electrons. The smallest absolute Gasteiger partial charge is 0.410 e. The average Bonchev–Trinajstić information content (AvgIpc) is 3.55. The molecular formula is C41H44Cl2N6O6. The number of carbonyl (C=O) groups excluding carboxylic acids is 2. The molecule has 3 aromatic heterocycles. The number of hydrogen-bond acceptors (Lipinski definition) is 9. The van der Waals surface area contributed by atoms with Gasteiger partial charge in [0.15, 0.2) is 0 Å². The molecule has 1 aliphatic heterocycles. The Balaban J connectivity index is 1.28. The zero-order valence-electron chi connectivity index (χ0n) is 31.4. The number of benzene rings is 2. The van der Waals surface area contributed by atoms with Gasteiger partial charge >= 0.3 is 6.09 Å². The number of hydrogen-bond donors (Lipinski definition) is 3. The summed E-state index contributed by atoms with van der Waals surface area (Å²) < 4.78 is 12.9. The Morgan fingerprint density at radius 3 is 2.36 bits per heavy atom. The lowest BCUT2D eigenvalue weighted by molar-refractivity contribution is -0.119. The third kappa shape index (κ3) is 9.45. The second kappa shape index (κ2) is 16.8. The fourth-order valence-corrected chi connectivity index (χ4v) is 7.11. The predicted molar refractivity (Wildman–Crippen MR) is 213 cm³/mol. The van der Waals surface area contributed by atoms with E-state index in [2.05, 4.69) is 15.6 Å². The number of carbonyl (C=O) groups is 2. The molecule has 2 amide bonds. The highest BCUT2D eigenvalue weighted by Gasteiger charge is 2.29. The zero-order valence-corrected chi connectivity index (χ0v) is 32.9. The standard InChI is InChI=1S/C41H44Cl2N6O6/c1-24(50)19-44-20-28-18-36(52)49-22-25(13-16-34(49)45-28)29-8-6-9-30(37(29)42)31-10-7-11-32(38(31)43)33-15-12-26(39(47-33)54-5)21-48(40(53)55-41(2,3)4)23-27-14-17-35(51)46-27/h6-13,15-16,18,22,24,27,44,50H,14,17,19-21,23H2,1-5H3,(H,46,51)/t24-,27-/m0/s1. The number of pyridine rings is 2. The molecule has 0 saturated carbocycles. The van der Waals surface area contributed by atoms with Crippen molar-refractivity contribution in [3.63, 3.8) is 0 Å². The number of rotatable bonds is 12. The molecule has 6 rings (SSSR count). The summed E-state index contributed by atoms with van der Waals surface area (Å²) >= 11 is 14.2. The van der Waals surface area contributed by atoms with Crippen LogP contribution in [0.4, 0.5) is 4.79 Å². The molecule has 2 aromatic carbocycles. The van der Waals surface area contributed by atoms with Gasteiger partial charge in [-0.1, -0.05) is 59.6 Å². The number of aromatic nitrogens is 3. The molecule has 5 aromatic rings. The van der Waals surface area contributed by atoms with Crippen LogP contribution in [0.1, 0.15) is 51.8 Å². The maximum Gasteiger partial charge on any atom is 0.410 e. The second-order valence-corrected chi connectivity index (χ2v) is 15.3. The van der Waals surface area contributed by atoms with Gasteiger partial charge in [0.1, 0.15) is 11.2 Å². The first-order chi connectivity index (χ1) is 26.2. The Morgan fingerprint density at radius 1 is 1.02 bits per heavy atom. The summed E-state index contributed by atoms with van der Waals surface area (Å²) in [6.07, 6.45) is 1.74. The number of fused-ring (bicyclic) bond motifs is 1. The number of halogens is 2. The fourth-order valence-electron chi connectivity index (χ4n) is 6.44. The Labute approximate surface area is 329 Å². The van der Waals surface area contributed by atoms with Crippen molar-refractivity contribution in [3.05, 3.63) is 105 Å². The van der Waals surface area contributed by atoms with Crippen LogP contribution in [-0.4, -0.2) is 74.3 Å². The quantitative estimate of drug-likeness (QED) is 0.123. The van der Waals surface area contributed by atoms with E-state index in [-0.39, 0.29) is 30.6 Å². The minimum absolute atomic E-state index is 0.0404. The van der Waals surface area contributed by atoms with E-state index in [4.69, 9.17) is 37.7 Å². The summed E-state index contributed by atoms with van der Waals surface area (Å²) in [5.41, 5.74) is 4.75. The number of aliphatic hydroxyl groups excluding tert-OH is 1. The van der Waals surface area contributed by atoms with Crippen LogP contribution >= 0.6 is 23.2 Å². The molecule has 1 fully saturated rings. The van der Waals surface area contributed by atoms with Crippen LogP contribution in [0.3, 0.4) is 0 Å². The van der Waals surface area contributed by atoms with Crippen LogP contribution in [-0.2, 0) is 22.6 Å². The molecule has 1 saturated heterocycles. The SMILES string of the molecule is COc1nc(-c2cccc(-c3cccc(-c4ccc5nc(CNC[C@H](C)O)cc(=O)n5c4)c3Cl)c2Cl)ccc1CN(C[C@@H]1CCC(=O)N1)C(=O)OC(C)(C)C. The number of ether oxygens (including phenoxy) is 2. The number of nitrogens with one attached hydrogen (secondary N) is 2. The zero-order chi connectivity index (χ0) is 39.4. The summed E-state index contributed by atoms with van der Waals surface area (Å²) in [7, 11) is 1.51. The van der Waals surface area contributed by atoms with Gasteiger partial charge in [0.05, 0.1) is 41.2 Å². The summed E-state index contributed by atoms with van der Waals surface area (Å²) in [6.45, 7) is 8.26.